The fraction of sp³-hybridized carbons (Fsp3) is 0.0222. The molecular weight excluding hydrogens is 555 g/mol. The van der Waals surface area contributed by atoms with Crippen molar-refractivity contribution in [3.8, 4) is 33.4 Å². The highest BCUT2D eigenvalue weighted by molar-refractivity contribution is 6.06. The number of rotatable bonds is 5. The van der Waals surface area contributed by atoms with Crippen LogP contribution in [0.25, 0.3) is 54.9 Å². The number of fused-ring (bicyclic) bond motifs is 5. The lowest BCUT2D eigenvalue weighted by Gasteiger charge is -2.27. The molecule has 1 heteroatoms. The summed E-state index contributed by atoms with van der Waals surface area (Å²) >= 11 is 0. The molecule has 0 heterocycles. The molecule has 1 aliphatic carbocycles. The van der Waals surface area contributed by atoms with Crippen LogP contribution in [0.15, 0.2) is 176 Å². The van der Waals surface area contributed by atoms with Gasteiger partial charge in [-0.2, -0.15) is 0 Å². The maximum atomic E-state index is 2.43. The Morgan fingerprint density at radius 3 is 1.80 bits per heavy atom. The largest absolute Gasteiger partial charge is 0.310 e. The van der Waals surface area contributed by atoms with Gasteiger partial charge in [-0.15, -0.1) is 0 Å². The van der Waals surface area contributed by atoms with Gasteiger partial charge in [-0.1, -0.05) is 140 Å². The number of hydrogen-bond donors (Lipinski definition) is 0. The Hall–Kier alpha value is -5.92. The van der Waals surface area contributed by atoms with Crippen molar-refractivity contribution in [2.24, 2.45) is 0 Å². The molecule has 0 radical (unpaired) electrons. The molecule has 0 atom stereocenters. The summed E-state index contributed by atoms with van der Waals surface area (Å²) in [5, 5.41) is 5.01. The van der Waals surface area contributed by atoms with Gasteiger partial charge in [0, 0.05) is 17.1 Å². The van der Waals surface area contributed by atoms with Crippen LogP contribution in [0, 0.1) is 0 Å². The van der Waals surface area contributed by atoms with Crippen LogP contribution in [0.4, 0.5) is 17.1 Å². The van der Waals surface area contributed by atoms with Crippen molar-refractivity contribution in [2.45, 2.75) is 6.42 Å². The molecule has 0 unspecified atom stereocenters. The molecule has 9 rings (SSSR count). The third-order valence-corrected chi connectivity index (χ3v) is 9.45. The fourth-order valence-corrected chi connectivity index (χ4v) is 7.27. The van der Waals surface area contributed by atoms with E-state index in [4.69, 9.17) is 0 Å². The van der Waals surface area contributed by atoms with E-state index in [0.29, 0.717) is 0 Å². The third-order valence-electron chi connectivity index (χ3n) is 9.45. The lowest BCUT2D eigenvalue weighted by atomic mass is 9.93. The van der Waals surface area contributed by atoms with Gasteiger partial charge in [0.05, 0.1) is 0 Å². The van der Waals surface area contributed by atoms with Crippen molar-refractivity contribution in [1.82, 2.24) is 0 Å². The summed E-state index contributed by atoms with van der Waals surface area (Å²) in [6.45, 7) is 0. The average molecular weight is 586 g/mol. The van der Waals surface area contributed by atoms with Gasteiger partial charge in [-0.3, -0.25) is 0 Å². The molecule has 0 saturated heterocycles. The van der Waals surface area contributed by atoms with Gasteiger partial charge in [0.15, 0.2) is 0 Å². The summed E-state index contributed by atoms with van der Waals surface area (Å²) in [5.74, 6) is 0. The van der Waals surface area contributed by atoms with E-state index >= 15 is 0 Å². The van der Waals surface area contributed by atoms with Crippen LogP contribution in [-0.2, 0) is 6.42 Å². The van der Waals surface area contributed by atoms with E-state index in [1.54, 1.807) is 0 Å². The van der Waals surface area contributed by atoms with Gasteiger partial charge in [-0.05, 0) is 109 Å². The molecule has 0 fully saturated rings. The first kappa shape index (κ1) is 26.5. The molecule has 216 valence electrons. The summed E-state index contributed by atoms with van der Waals surface area (Å²) in [7, 11) is 0. The van der Waals surface area contributed by atoms with Crippen molar-refractivity contribution in [3.63, 3.8) is 0 Å². The van der Waals surface area contributed by atoms with E-state index in [2.05, 4.69) is 181 Å². The van der Waals surface area contributed by atoms with Crippen LogP contribution in [0.2, 0.25) is 0 Å². The molecule has 0 N–H and O–H groups in total. The van der Waals surface area contributed by atoms with E-state index in [1.807, 2.05) is 0 Å². The number of nitrogens with zero attached hydrogens (tertiary/aromatic N) is 1. The second kappa shape index (κ2) is 10.9. The van der Waals surface area contributed by atoms with Crippen LogP contribution in [0.1, 0.15) is 11.1 Å². The molecule has 8 aromatic rings. The third kappa shape index (κ3) is 4.48. The highest BCUT2D eigenvalue weighted by atomic mass is 15.1. The number of benzene rings is 8. The molecule has 46 heavy (non-hydrogen) atoms. The quantitative estimate of drug-likeness (QED) is 0.194. The van der Waals surface area contributed by atoms with Crippen molar-refractivity contribution in [2.75, 3.05) is 4.90 Å². The zero-order valence-electron chi connectivity index (χ0n) is 25.4. The molecule has 0 spiro atoms. The zero-order valence-corrected chi connectivity index (χ0v) is 25.4. The number of anilines is 3. The van der Waals surface area contributed by atoms with Gasteiger partial charge in [0.25, 0.3) is 0 Å². The van der Waals surface area contributed by atoms with Gasteiger partial charge in [0.1, 0.15) is 0 Å². The molecule has 0 saturated carbocycles. The molecule has 0 aliphatic heterocycles. The molecule has 1 nitrogen and oxygen atoms in total. The Labute approximate surface area is 269 Å². The molecule has 0 aromatic heterocycles. The predicted molar refractivity (Wildman–Crippen MR) is 195 cm³/mol. The van der Waals surface area contributed by atoms with Gasteiger partial charge >= 0.3 is 0 Å². The minimum absolute atomic E-state index is 0.959. The first-order chi connectivity index (χ1) is 22.8. The fourth-order valence-electron chi connectivity index (χ4n) is 7.27. The summed E-state index contributed by atoms with van der Waals surface area (Å²) in [6, 6.07) is 64.3. The summed E-state index contributed by atoms with van der Waals surface area (Å²) in [5.41, 5.74) is 13.8. The predicted octanol–water partition coefficient (Wildman–Crippen LogP) is 12.4. The Bertz CT molecular complexity index is 2400. The van der Waals surface area contributed by atoms with E-state index in [0.717, 1.165) is 17.8 Å². The smallest absolute Gasteiger partial charge is 0.0468 e. The van der Waals surface area contributed by atoms with Gasteiger partial charge < -0.3 is 4.90 Å². The van der Waals surface area contributed by atoms with Crippen molar-refractivity contribution >= 4 is 38.6 Å². The van der Waals surface area contributed by atoms with E-state index < -0.39 is 0 Å². The summed E-state index contributed by atoms with van der Waals surface area (Å²) < 4.78 is 0. The number of hydrogen-bond acceptors (Lipinski definition) is 1. The summed E-state index contributed by atoms with van der Waals surface area (Å²) in [6.07, 6.45) is 0.959. The van der Waals surface area contributed by atoms with Crippen molar-refractivity contribution < 1.29 is 0 Å². The first-order valence-corrected chi connectivity index (χ1v) is 16.0. The monoisotopic (exact) mass is 585 g/mol. The topological polar surface area (TPSA) is 3.24 Å². The SMILES string of the molecule is c1ccc(-c2cccc(N(c3ccc4c(c3)Cc3ccccc3-4)c3ccc4cccc(-c5cccc6ccccc56)c4c3)c2)cc1. The van der Waals surface area contributed by atoms with E-state index in [-0.39, 0.29) is 0 Å². The Balaban J connectivity index is 1.24. The standard InChI is InChI=1S/C45H31N/c1-2-11-31(12-3-1)34-17-8-18-37(28-34)46(38-25-26-42-36(29-38)27-35-14-5-7-20-41(35)42)39-24-23-33-16-10-22-44(45(33)30-39)43-21-9-15-32-13-4-6-19-40(32)43/h1-26,28-30H,27H2. The second-order valence-electron chi connectivity index (χ2n) is 12.2. The van der Waals surface area contributed by atoms with Gasteiger partial charge in [-0.25, -0.2) is 0 Å². The zero-order chi connectivity index (χ0) is 30.5. The normalized spacial score (nSPS) is 11.8. The Morgan fingerprint density at radius 1 is 0.326 bits per heavy atom. The summed E-state index contributed by atoms with van der Waals surface area (Å²) in [4.78, 5) is 2.43. The van der Waals surface area contributed by atoms with E-state index in [9.17, 15) is 0 Å². The van der Waals surface area contributed by atoms with Crippen molar-refractivity contribution in [1.29, 1.82) is 0 Å². The Kier molecular flexibility index (Phi) is 6.28. The Morgan fingerprint density at radius 2 is 0.913 bits per heavy atom. The maximum Gasteiger partial charge on any atom is 0.0468 e. The van der Waals surface area contributed by atoms with Crippen molar-refractivity contribution in [3.05, 3.63) is 187 Å². The molecule has 0 bridgehead atoms. The van der Waals surface area contributed by atoms with Crippen LogP contribution in [0.5, 0.6) is 0 Å². The second-order valence-corrected chi connectivity index (χ2v) is 12.2. The van der Waals surface area contributed by atoms with Gasteiger partial charge in [0.2, 0.25) is 0 Å². The highest BCUT2D eigenvalue weighted by Crippen LogP contribution is 2.44. The molecular formula is C45H31N. The van der Waals surface area contributed by atoms with E-state index in [1.165, 1.54) is 71.7 Å². The van der Waals surface area contributed by atoms with Crippen LogP contribution in [0.3, 0.4) is 0 Å². The average Bonchev–Trinajstić information content (AvgIpc) is 3.50. The molecule has 0 amide bonds. The lowest BCUT2D eigenvalue weighted by molar-refractivity contribution is 1.23. The first-order valence-electron chi connectivity index (χ1n) is 16.0. The molecule has 1 aliphatic rings. The van der Waals surface area contributed by atoms with Crippen LogP contribution in [-0.4, -0.2) is 0 Å². The van der Waals surface area contributed by atoms with Crippen LogP contribution >= 0.6 is 0 Å². The molecule has 8 aromatic carbocycles. The lowest BCUT2D eigenvalue weighted by Crippen LogP contribution is -2.10. The highest BCUT2D eigenvalue weighted by Gasteiger charge is 2.21. The van der Waals surface area contributed by atoms with Crippen LogP contribution < -0.4 is 4.90 Å². The minimum Gasteiger partial charge on any atom is -0.310 e. The maximum absolute atomic E-state index is 2.43. The minimum atomic E-state index is 0.959.